The van der Waals surface area contributed by atoms with Crippen molar-refractivity contribution in [3.05, 3.63) is 53.3 Å². The van der Waals surface area contributed by atoms with Crippen molar-refractivity contribution in [3.63, 3.8) is 0 Å². The molecule has 110 valence electrons. The summed E-state index contributed by atoms with van der Waals surface area (Å²) in [4.78, 5) is 20.1. The zero-order valence-corrected chi connectivity index (χ0v) is 13.3. The molecule has 1 amide bonds. The molecule has 1 aromatic heterocycles. The number of aromatic nitrogens is 2. The van der Waals surface area contributed by atoms with Gasteiger partial charge in [0.05, 0.1) is 5.25 Å². The molecule has 0 saturated carbocycles. The fourth-order valence-electron chi connectivity index (χ4n) is 1.82. The molecule has 5 heteroatoms. The van der Waals surface area contributed by atoms with Gasteiger partial charge in [-0.05, 0) is 38.0 Å². The van der Waals surface area contributed by atoms with E-state index in [1.807, 2.05) is 6.92 Å². The van der Waals surface area contributed by atoms with Crippen LogP contribution in [0.1, 0.15) is 23.6 Å². The fourth-order valence-corrected chi connectivity index (χ4v) is 2.77. The van der Waals surface area contributed by atoms with Gasteiger partial charge in [0.1, 0.15) is 0 Å². The molecule has 2 rings (SSSR count). The molecule has 1 N–H and O–H groups in total. The topological polar surface area (TPSA) is 54.9 Å². The van der Waals surface area contributed by atoms with Crippen molar-refractivity contribution in [2.75, 3.05) is 5.32 Å². The van der Waals surface area contributed by atoms with Crippen LogP contribution in [0.25, 0.3) is 0 Å². The normalized spacial score (nSPS) is 12.0. The molecular weight excluding hydrogens is 282 g/mol. The Hall–Kier alpha value is -1.88. The second-order valence-corrected chi connectivity index (χ2v) is 6.27. The molecule has 0 aliphatic heterocycles. The van der Waals surface area contributed by atoms with Gasteiger partial charge < -0.3 is 0 Å². The molecule has 2 aromatic rings. The summed E-state index contributed by atoms with van der Waals surface area (Å²) in [5.41, 5.74) is 3.77. The highest BCUT2D eigenvalue weighted by Gasteiger charge is 2.15. The van der Waals surface area contributed by atoms with E-state index >= 15 is 0 Å². The lowest BCUT2D eigenvalue weighted by atomic mass is 10.1. The zero-order valence-electron chi connectivity index (χ0n) is 12.5. The number of hydrogen-bond donors (Lipinski definition) is 1. The lowest BCUT2D eigenvalue weighted by molar-refractivity contribution is -0.115. The minimum absolute atomic E-state index is 0.0727. The van der Waals surface area contributed by atoms with Gasteiger partial charge >= 0.3 is 0 Å². The molecule has 0 bridgehead atoms. The number of nitrogens with zero attached hydrogens (tertiary/aromatic N) is 2. The van der Waals surface area contributed by atoms with Crippen molar-refractivity contribution in [2.24, 2.45) is 0 Å². The number of benzene rings is 1. The Labute approximate surface area is 129 Å². The summed E-state index contributed by atoms with van der Waals surface area (Å²) in [5, 5.41) is 2.56. The number of anilines is 1. The summed E-state index contributed by atoms with van der Waals surface area (Å²) in [5.74, 6) is 1.09. The fraction of sp³-hybridized carbons (Fsp3) is 0.312. The van der Waals surface area contributed by atoms with E-state index in [0.29, 0.717) is 5.95 Å². The molecule has 4 nitrogen and oxygen atoms in total. The van der Waals surface area contributed by atoms with Crippen molar-refractivity contribution in [1.29, 1.82) is 0 Å². The molecule has 1 aromatic carbocycles. The van der Waals surface area contributed by atoms with E-state index in [-0.39, 0.29) is 11.2 Å². The predicted molar refractivity (Wildman–Crippen MR) is 87.3 cm³/mol. The molecule has 0 saturated heterocycles. The van der Waals surface area contributed by atoms with E-state index in [9.17, 15) is 4.79 Å². The molecule has 1 unspecified atom stereocenters. The van der Waals surface area contributed by atoms with E-state index in [2.05, 4.69) is 47.3 Å². The Bertz CT molecular complexity index is 616. The maximum Gasteiger partial charge on any atom is 0.239 e. The number of amides is 1. The monoisotopic (exact) mass is 301 g/mol. The molecule has 0 aliphatic rings. The first-order valence-corrected chi connectivity index (χ1v) is 7.87. The standard InChI is InChI=1S/C16H19N3OS/c1-11-5-6-12(2)14(9-11)10-21-13(3)15(20)19-16-17-7-4-8-18-16/h4-9,13H,10H2,1-3H3,(H,17,18,19,20). The lowest BCUT2D eigenvalue weighted by Crippen LogP contribution is -2.23. The Balaban J connectivity index is 1.90. The molecule has 0 spiro atoms. The molecule has 21 heavy (non-hydrogen) atoms. The zero-order chi connectivity index (χ0) is 15.2. The van der Waals surface area contributed by atoms with Crippen LogP contribution in [0, 0.1) is 13.8 Å². The molecule has 1 atom stereocenters. The highest BCUT2D eigenvalue weighted by Crippen LogP contribution is 2.21. The largest absolute Gasteiger partial charge is 0.294 e. The van der Waals surface area contributed by atoms with Gasteiger partial charge in [0.25, 0.3) is 0 Å². The highest BCUT2D eigenvalue weighted by molar-refractivity contribution is 7.99. The number of thioether (sulfide) groups is 1. The average Bonchev–Trinajstić information content (AvgIpc) is 2.49. The van der Waals surface area contributed by atoms with Crippen molar-refractivity contribution in [2.45, 2.75) is 31.8 Å². The summed E-state index contributed by atoms with van der Waals surface area (Å²) in [7, 11) is 0. The Morgan fingerprint density at radius 3 is 2.71 bits per heavy atom. The van der Waals surface area contributed by atoms with Crippen LogP contribution in [0.5, 0.6) is 0 Å². The van der Waals surface area contributed by atoms with Crippen LogP contribution in [0.15, 0.2) is 36.7 Å². The predicted octanol–water partition coefficient (Wildman–Crippen LogP) is 3.35. The third-order valence-electron chi connectivity index (χ3n) is 3.16. The van der Waals surface area contributed by atoms with Crippen LogP contribution < -0.4 is 5.32 Å². The van der Waals surface area contributed by atoms with Gasteiger partial charge in [-0.2, -0.15) is 0 Å². The molecule has 1 heterocycles. The van der Waals surface area contributed by atoms with Crippen molar-refractivity contribution in [3.8, 4) is 0 Å². The van der Waals surface area contributed by atoms with Gasteiger partial charge in [-0.15, -0.1) is 11.8 Å². The first kappa shape index (κ1) is 15.5. The third-order valence-corrected chi connectivity index (χ3v) is 4.36. The Kier molecular flexibility index (Phi) is 5.33. The summed E-state index contributed by atoms with van der Waals surface area (Å²) in [6.45, 7) is 6.07. The number of carbonyl (C=O) groups is 1. The maximum absolute atomic E-state index is 12.1. The van der Waals surface area contributed by atoms with Gasteiger partial charge in [-0.1, -0.05) is 23.8 Å². The van der Waals surface area contributed by atoms with Gasteiger partial charge in [0, 0.05) is 18.1 Å². The number of carbonyl (C=O) groups excluding carboxylic acids is 1. The van der Waals surface area contributed by atoms with E-state index < -0.39 is 0 Å². The lowest BCUT2D eigenvalue weighted by Gasteiger charge is -2.12. The van der Waals surface area contributed by atoms with Crippen LogP contribution in [0.3, 0.4) is 0 Å². The number of nitrogens with one attached hydrogen (secondary N) is 1. The smallest absolute Gasteiger partial charge is 0.239 e. The Morgan fingerprint density at radius 2 is 2.00 bits per heavy atom. The summed E-state index contributed by atoms with van der Waals surface area (Å²) in [6.07, 6.45) is 3.22. The van der Waals surface area contributed by atoms with E-state index in [1.165, 1.54) is 16.7 Å². The minimum atomic E-state index is -0.159. The first-order chi connectivity index (χ1) is 10.1. The van der Waals surface area contributed by atoms with Crippen LogP contribution in [-0.2, 0) is 10.5 Å². The second kappa shape index (κ2) is 7.22. The molecule has 0 aliphatic carbocycles. The quantitative estimate of drug-likeness (QED) is 0.920. The number of rotatable bonds is 5. The van der Waals surface area contributed by atoms with Gasteiger partial charge in [0.2, 0.25) is 11.9 Å². The van der Waals surface area contributed by atoms with Crippen molar-refractivity contribution < 1.29 is 4.79 Å². The van der Waals surface area contributed by atoms with Gasteiger partial charge in [0.15, 0.2) is 0 Å². The summed E-state index contributed by atoms with van der Waals surface area (Å²) in [6, 6.07) is 8.11. The van der Waals surface area contributed by atoms with Crippen LogP contribution >= 0.6 is 11.8 Å². The van der Waals surface area contributed by atoms with Gasteiger partial charge in [-0.25, -0.2) is 9.97 Å². The van der Waals surface area contributed by atoms with Crippen molar-refractivity contribution in [1.82, 2.24) is 9.97 Å². The molecular formula is C16H19N3OS. The van der Waals surface area contributed by atoms with Crippen LogP contribution in [-0.4, -0.2) is 21.1 Å². The highest BCUT2D eigenvalue weighted by atomic mass is 32.2. The molecule has 0 fully saturated rings. The van der Waals surface area contributed by atoms with Crippen LogP contribution in [0.4, 0.5) is 5.95 Å². The van der Waals surface area contributed by atoms with Gasteiger partial charge in [-0.3, -0.25) is 10.1 Å². The van der Waals surface area contributed by atoms with Crippen LogP contribution in [0.2, 0.25) is 0 Å². The second-order valence-electron chi connectivity index (χ2n) is 4.94. The first-order valence-electron chi connectivity index (χ1n) is 6.82. The third kappa shape index (κ3) is 4.56. The van der Waals surface area contributed by atoms with Crippen molar-refractivity contribution >= 4 is 23.6 Å². The summed E-state index contributed by atoms with van der Waals surface area (Å²) < 4.78 is 0. The SMILES string of the molecule is Cc1ccc(C)c(CSC(C)C(=O)Nc2ncccn2)c1. The van der Waals surface area contributed by atoms with E-state index in [1.54, 1.807) is 30.2 Å². The Morgan fingerprint density at radius 1 is 1.29 bits per heavy atom. The maximum atomic E-state index is 12.1. The molecule has 0 radical (unpaired) electrons. The summed E-state index contributed by atoms with van der Waals surface area (Å²) >= 11 is 1.61. The van der Waals surface area contributed by atoms with E-state index in [0.717, 1.165) is 5.75 Å². The average molecular weight is 301 g/mol. The number of hydrogen-bond acceptors (Lipinski definition) is 4. The minimum Gasteiger partial charge on any atom is -0.294 e. The number of aryl methyl sites for hydroxylation is 2. The van der Waals surface area contributed by atoms with E-state index in [4.69, 9.17) is 0 Å².